The highest BCUT2D eigenvalue weighted by molar-refractivity contribution is 14.1. The van der Waals surface area contributed by atoms with E-state index in [4.69, 9.17) is 9.15 Å². The van der Waals surface area contributed by atoms with Crippen molar-refractivity contribution in [3.63, 3.8) is 0 Å². The molecule has 3 aromatic rings. The Morgan fingerprint density at radius 1 is 1.17 bits per heavy atom. The van der Waals surface area contributed by atoms with Crippen molar-refractivity contribution in [1.29, 1.82) is 0 Å². The molecule has 4 N–H and O–H groups in total. The van der Waals surface area contributed by atoms with Crippen LogP contribution in [0.5, 0.6) is 5.75 Å². The fourth-order valence-electron chi connectivity index (χ4n) is 3.99. The number of nitrogens with one attached hydrogen (secondary N) is 3. The molecular formula is C28H35I2N5O6. The molecule has 0 aliphatic heterocycles. The molecule has 41 heavy (non-hydrogen) atoms. The van der Waals surface area contributed by atoms with Crippen molar-refractivity contribution < 1.29 is 23.8 Å². The highest BCUT2D eigenvalue weighted by Crippen LogP contribution is 2.28. The van der Waals surface area contributed by atoms with Gasteiger partial charge < -0.3 is 29.8 Å². The second-order valence-corrected chi connectivity index (χ2v) is 13.1. The molecule has 2 aromatic carbocycles. The molecule has 0 bridgehead atoms. The molecule has 11 nitrogen and oxygen atoms in total. The van der Waals surface area contributed by atoms with Crippen LogP contribution in [0.3, 0.4) is 0 Å². The predicted octanol–water partition coefficient (Wildman–Crippen LogP) is 4.85. The quantitative estimate of drug-likeness (QED) is 0.167. The summed E-state index contributed by atoms with van der Waals surface area (Å²) in [4.78, 5) is 45.1. The summed E-state index contributed by atoms with van der Waals surface area (Å²) in [5, 5.41) is 19.0. The molecule has 0 saturated heterocycles. The number of aromatic hydroxyl groups is 1. The molecule has 3 rings (SSSR count). The first-order chi connectivity index (χ1) is 19.1. The molecule has 0 fully saturated rings. The molecule has 0 radical (unpaired) electrons. The van der Waals surface area contributed by atoms with E-state index in [1.807, 2.05) is 64.2 Å². The largest absolute Gasteiger partial charge is 0.506 e. The van der Waals surface area contributed by atoms with Crippen molar-refractivity contribution in [2.75, 3.05) is 37.8 Å². The van der Waals surface area contributed by atoms with Gasteiger partial charge in [0.05, 0.1) is 18.0 Å². The van der Waals surface area contributed by atoms with Crippen LogP contribution in [0.1, 0.15) is 38.3 Å². The third kappa shape index (κ3) is 9.43. The maximum absolute atomic E-state index is 13.2. The molecule has 2 amide bonds. The fraction of sp³-hybridized carbons (Fsp3) is 0.429. The van der Waals surface area contributed by atoms with Crippen molar-refractivity contribution in [2.45, 2.75) is 52.2 Å². The zero-order chi connectivity index (χ0) is 30.5. The number of rotatable bonds is 10. The zero-order valence-electron chi connectivity index (χ0n) is 23.9. The van der Waals surface area contributed by atoms with Gasteiger partial charge in [0.15, 0.2) is 0 Å². The van der Waals surface area contributed by atoms with E-state index < -0.39 is 23.4 Å². The third-order valence-corrected chi connectivity index (χ3v) is 7.55. The first-order valence-corrected chi connectivity index (χ1v) is 15.1. The summed E-state index contributed by atoms with van der Waals surface area (Å²) in [6.45, 7) is 8.24. The summed E-state index contributed by atoms with van der Waals surface area (Å²) < 4.78 is 12.1. The first kappa shape index (κ1) is 32.8. The minimum absolute atomic E-state index is 0.105. The smallest absolute Gasteiger partial charge is 0.412 e. The molecule has 1 heterocycles. The van der Waals surface area contributed by atoms with Crippen molar-refractivity contribution >= 4 is 79.8 Å². The number of aryl methyl sites for hydroxylation is 1. The lowest BCUT2D eigenvalue weighted by Gasteiger charge is -2.20. The number of hydrogen-bond acceptors (Lipinski definition) is 9. The number of ether oxygens (including phenoxy) is 1. The maximum Gasteiger partial charge on any atom is 0.412 e. The molecule has 0 aliphatic rings. The van der Waals surface area contributed by atoms with E-state index in [2.05, 4.69) is 20.9 Å². The Morgan fingerprint density at radius 3 is 2.44 bits per heavy atom. The minimum Gasteiger partial charge on any atom is -0.506 e. The molecule has 222 valence electrons. The number of phenols is 1. The van der Waals surface area contributed by atoms with Gasteiger partial charge in [-0.05, 0) is 135 Å². The van der Waals surface area contributed by atoms with Gasteiger partial charge in [0.2, 0.25) is 5.91 Å². The maximum atomic E-state index is 13.2. The number of amides is 2. The van der Waals surface area contributed by atoms with E-state index in [0.29, 0.717) is 30.5 Å². The highest BCUT2D eigenvalue weighted by Gasteiger charge is 2.23. The van der Waals surface area contributed by atoms with E-state index in [1.165, 1.54) is 0 Å². The Balaban J connectivity index is 1.89. The van der Waals surface area contributed by atoms with Gasteiger partial charge in [-0.2, -0.15) is 4.98 Å². The lowest BCUT2D eigenvalue weighted by atomic mass is 10.0. The van der Waals surface area contributed by atoms with Crippen LogP contribution in [0.4, 0.5) is 16.5 Å². The van der Waals surface area contributed by atoms with Crippen LogP contribution in [0, 0.1) is 14.1 Å². The Hall–Kier alpha value is -2.66. The van der Waals surface area contributed by atoms with Crippen molar-refractivity contribution in [3.8, 4) is 5.75 Å². The van der Waals surface area contributed by atoms with Gasteiger partial charge in [-0.3, -0.25) is 10.1 Å². The fourth-order valence-corrected chi connectivity index (χ4v) is 5.89. The van der Waals surface area contributed by atoms with Gasteiger partial charge in [-0.15, -0.1) is 0 Å². The molecular weight excluding hydrogens is 756 g/mol. The minimum atomic E-state index is -0.812. The molecule has 13 heteroatoms. The van der Waals surface area contributed by atoms with Crippen LogP contribution < -0.4 is 21.6 Å². The number of phenolic OH excluding ortho intramolecular Hbond substituents is 1. The Bertz CT molecular complexity index is 1460. The van der Waals surface area contributed by atoms with Crippen LogP contribution >= 0.6 is 45.2 Å². The standard InChI is InChI=1S/C28H35I2N5O6/c1-15-19(34-27(39)41-28(2,3)4)8-9-20-22(15)25(38)40-26(32-20)33-21(24(37)31-10-7-11-35(5)6)14-16-12-17(29)23(36)18(30)13-16/h8-9,12-13,21,36H,7,10-11,14H2,1-6H3,(H,31,37)(H,32,33)(H,34,39)/t21-/m0/s1. The van der Waals surface area contributed by atoms with E-state index in [1.54, 1.807) is 52.0 Å². The van der Waals surface area contributed by atoms with Crippen LogP contribution in [0.15, 0.2) is 33.5 Å². The van der Waals surface area contributed by atoms with Gasteiger partial charge in [0.1, 0.15) is 17.4 Å². The number of halogens is 2. The van der Waals surface area contributed by atoms with Crippen LogP contribution in [-0.2, 0) is 16.0 Å². The first-order valence-electron chi connectivity index (χ1n) is 12.9. The number of carbonyl (C=O) groups excluding carboxylic acids is 2. The van der Waals surface area contributed by atoms with E-state index in [-0.39, 0.29) is 29.5 Å². The highest BCUT2D eigenvalue weighted by atomic mass is 127. The average molecular weight is 791 g/mol. The van der Waals surface area contributed by atoms with Gasteiger partial charge in [0, 0.05) is 18.7 Å². The molecule has 0 saturated carbocycles. The normalized spacial score (nSPS) is 12.3. The third-order valence-electron chi connectivity index (χ3n) is 5.91. The average Bonchev–Trinajstić information content (AvgIpc) is 2.85. The summed E-state index contributed by atoms with van der Waals surface area (Å²) in [6.07, 6.45) is 0.379. The number of aromatic nitrogens is 1. The number of hydrogen-bond donors (Lipinski definition) is 4. The summed E-state index contributed by atoms with van der Waals surface area (Å²) >= 11 is 4.09. The molecule has 1 atom stereocenters. The zero-order valence-corrected chi connectivity index (χ0v) is 28.2. The van der Waals surface area contributed by atoms with Crippen LogP contribution in [0.25, 0.3) is 10.9 Å². The number of fused-ring (bicyclic) bond motifs is 1. The molecule has 0 spiro atoms. The van der Waals surface area contributed by atoms with Gasteiger partial charge in [-0.25, -0.2) is 9.59 Å². The van der Waals surface area contributed by atoms with E-state index in [9.17, 15) is 19.5 Å². The Labute approximate surface area is 266 Å². The van der Waals surface area contributed by atoms with Crippen molar-refractivity contribution in [2.24, 2.45) is 0 Å². The van der Waals surface area contributed by atoms with E-state index in [0.717, 1.165) is 18.5 Å². The molecule has 0 aliphatic carbocycles. The Kier molecular flexibility index (Phi) is 11.2. The number of anilines is 2. The van der Waals surface area contributed by atoms with Crippen molar-refractivity contribution in [1.82, 2.24) is 15.2 Å². The predicted molar refractivity (Wildman–Crippen MR) is 176 cm³/mol. The lowest BCUT2D eigenvalue weighted by molar-refractivity contribution is -0.121. The molecule has 1 aromatic heterocycles. The van der Waals surface area contributed by atoms with E-state index >= 15 is 0 Å². The van der Waals surface area contributed by atoms with Gasteiger partial charge in [0.25, 0.3) is 6.01 Å². The lowest BCUT2D eigenvalue weighted by Crippen LogP contribution is -2.42. The SMILES string of the molecule is Cc1c(NC(=O)OC(C)(C)C)ccc2nc(N[C@@H](Cc3cc(I)c(O)c(I)c3)C(=O)NCCCN(C)C)oc(=O)c12. The Morgan fingerprint density at radius 2 is 1.83 bits per heavy atom. The number of nitrogens with zero attached hydrogens (tertiary/aromatic N) is 2. The van der Waals surface area contributed by atoms with Crippen LogP contribution in [-0.4, -0.2) is 65.8 Å². The monoisotopic (exact) mass is 791 g/mol. The van der Waals surface area contributed by atoms with Crippen LogP contribution in [0.2, 0.25) is 0 Å². The second kappa shape index (κ2) is 14.0. The van der Waals surface area contributed by atoms with Crippen molar-refractivity contribution in [3.05, 3.63) is 53.0 Å². The van der Waals surface area contributed by atoms with Gasteiger partial charge >= 0.3 is 11.7 Å². The summed E-state index contributed by atoms with van der Waals surface area (Å²) in [6, 6.07) is 5.92. The molecule has 0 unspecified atom stereocenters. The summed E-state index contributed by atoms with van der Waals surface area (Å²) in [7, 11) is 3.93. The number of carbonyl (C=O) groups is 2. The topological polar surface area (TPSA) is 146 Å². The van der Waals surface area contributed by atoms with Gasteiger partial charge in [-0.1, -0.05) is 0 Å². The second-order valence-electron chi connectivity index (χ2n) is 10.8. The number of benzene rings is 2. The summed E-state index contributed by atoms with van der Waals surface area (Å²) in [5.74, 6) is -0.0924. The summed E-state index contributed by atoms with van der Waals surface area (Å²) in [5.41, 5.74) is 0.686.